The van der Waals surface area contributed by atoms with Gasteiger partial charge in [-0.25, -0.2) is 0 Å². The lowest BCUT2D eigenvalue weighted by molar-refractivity contribution is 0.0723. The van der Waals surface area contributed by atoms with Crippen LogP contribution in [0.1, 0.15) is 31.2 Å². The van der Waals surface area contributed by atoms with Gasteiger partial charge in [0.05, 0.1) is 12.0 Å². The van der Waals surface area contributed by atoms with Crippen LogP contribution >= 0.6 is 0 Å². The van der Waals surface area contributed by atoms with Gasteiger partial charge < -0.3 is 14.2 Å². The Morgan fingerprint density at radius 1 is 0.909 bits per heavy atom. The summed E-state index contributed by atoms with van der Waals surface area (Å²) in [5.41, 5.74) is 2.21. The number of hydrogen-bond acceptors (Lipinski definition) is 6. The van der Waals surface area contributed by atoms with Crippen LogP contribution in [0.3, 0.4) is 0 Å². The molecule has 3 aliphatic rings. The lowest BCUT2D eigenvalue weighted by Gasteiger charge is -2.46. The van der Waals surface area contributed by atoms with E-state index in [-0.39, 0.29) is 0 Å². The molecule has 3 aromatic rings. The summed E-state index contributed by atoms with van der Waals surface area (Å²) in [5, 5.41) is 5.51. The summed E-state index contributed by atoms with van der Waals surface area (Å²) in [6.07, 6.45) is 5.09. The van der Waals surface area contributed by atoms with Crippen molar-refractivity contribution in [3.05, 3.63) is 54.1 Å². The van der Waals surface area contributed by atoms with Crippen molar-refractivity contribution >= 4 is 16.8 Å². The number of rotatable bonds is 6. The summed E-state index contributed by atoms with van der Waals surface area (Å²) >= 11 is 0. The Balaban J connectivity index is 1.05. The largest absolute Gasteiger partial charge is 0.493 e. The van der Waals surface area contributed by atoms with E-state index < -0.39 is 0 Å². The molecule has 2 aromatic carbocycles. The van der Waals surface area contributed by atoms with E-state index in [1.54, 1.807) is 0 Å². The minimum atomic E-state index is 0.591. The number of para-hydroxylation sites is 2. The van der Waals surface area contributed by atoms with E-state index in [9.17, 15) is 0 Å². The molecule has 3 aliphatic heterocycles. The Labute approximate surface area is 196 Å². The lowest BCUT2D eigenvalue weighted by Crippen LogP contribution is -2.57. The Morgan fingerprint density at radius 3 is 2.70 bits per heavy atom. The van der Waals surface area contributed by atoms with Crippen LogP contribution in [-0.4, -0.2) is 66.9 Å². The van der Waals surface area contributed by atoms with Crippen LogP contribution in [0.15, 0.2) is 53.1 Å². The first-order valence-corrected chi connectivity index (χ1v) is 12.6. The number of likely N-dealkylation sites (tertiary alicyclic amines) is 1. The minimum Gasteiger partial charge on any atom is -0.493 e. The molecule has 6 rings (SSSR count). The number of piperazine rings is 1. The maximum atomic E-state index is 6.41. The quantitative estimate of drug-likeness (QED) is 0.559. The summed E-state index contributed by atoms with van der Waals surface area (Å²) in [6.45, 7) is 8.50. The highest BCUT2D eigenvalue weighted by molar-refractivity contribution is 5.88. The van der Waals surface area contributed by atoms with Crippen LogP contribution < -0.4 is 9.64 Å². The van der Waals surface area contributed by atoms with Crippen molar-refractivity contribution in [2.45, 2.75) is 38.3 Å². The molecule has 174 valence electrons. The number of benzene rings is 2. The number of fused-ring (bicyclic) bond motifs is 2. The van der Waals surface area contributed by atoms with Gasteiger partial charge in [0, 0.05) is 50.2 Å². The summed E-state index contributed by atoms with van der Waals surface area (Å²) in [4.78, 5) is 7.63. The molecule has 0 bridgehead atoms. The molecule has 2 unspecified atom stereocenters. The minimum absolute atomic E-state index is 0.591. The molecule has 3 saturated heterocycles. The molecule has 0 radical (unpaired) electrons. The molecule has 33 heavy (non-hydrogen) atoms. The number of anilines is 1. The standard InChI is InChI=1S/C27H34N4O2/c1-3-9-25(22(7-1)18-29-13-5-6-14-29)32-20-21-11-12-23-19-31(16-15-30(23)17-21)27-24-8-2-4-10-26(24)33-28-27/h1-4,7-10,21,23H,5-6,11-20H2. The molecular formula is C27H34N4O2. The SMILES string of the molecule is c1ccc(OCC2CCC3CN(c4noc5ccccc45)CCN3C2)c(CN2CCCC2)c1. The first-order chi connectivity index (χ1) is 16.3. The fourth-order valence-corrected chi connectivity index (χ4v) is 5.85. The zero-order chi connectivity index (χ0) is 22.0. The fraction of sp³-hybridized carbons (Fsp3) is 0.519. The van der Waals surface area contributed by atoms with Crippen LogP contribution in [0.2, 0.25) is 0 Å². The maximum absolute atomic E-state index is 6.41. The molecule has 1 aromatic heterocycles. The van der Waals surface area contributed by atoms with E-state index in [0.717, 1.165) is 61.9 Å². The third kappa shape index (κ3) is 4.46. The van der Waals surface area contributed by atoms with Gasteiger partial charge in [-0.15, -0.1) is 0 Å². The van der Waals surface area contributed by atoms with Crippen molar-refractivity contribution in [2.24, 2.45) is 5.92 Å². The van der Waals surface area contributed by atoms with Gasteiger partial charge in [-0.3, -0.25) is 9.80 Å². The summed E-state index contributed by atoms with van der Waals surface area (Å²) in [6, 6.07) is 17.4. The maximum Gasteiger partial charge on any atom is 0.180 e. The summed E-state index contributed by atoms with van der Waals surface area (Å²) < 4.78 is 12.0. The number of hydrogen-bond donors (Lipinski definition) is 0. The van der Waals surface area contributed by atoms with Crippen LogP contribution in [0.5, 0.6) is 5.75 Å². The molecule has 0 amide bonds. The average molecular weight is 447 g/mol. The number of ether oxygens (including phenoxy) is 1. The summed E-state index contributed by atoms with van der Waals surface area (Å²) in [7, 11) is 0. The Hall–Kier alpha value is -2.57. The van der Waals surface area contributed by atoms with Gasteiger partial charge in [-0.1, -0.05) is 35.5 Å². The smallest absolute Gasteiger partial charge is 0.180 e. The molecule has 0 aliphatic carbocycles. The van der Waals surface area contributed by atoms with Gasteiger partial charge in [0.1, 0.15) is 5.75 Å². The zero-order valence-electron chi connectivity index (χ0n) is 19.4. The van der Waals surface area contributed by atoms with Crippen molar-refractivity contribution < 1.29 is 9.26 Å². The van der Waals surface area contributed by atoms with Gasteiger partial charge in [0.15, 0.2) is 11.4 Å². The first-order valence-electron chi connectivity index (χ1n) is 12.6. The van der Waals surface area contributed by atoms with Crippen LogP contribution in [0.4, 0.5) is 5.82 Å². The number of nitrogens with zero attached hydrogens (tertiary/aromatic N) is 4. The third-order valence-corrected chi connectivity index (χ3v) is 7.70. The van der Waals surface area contributed by atoms with Gasteiger partial charge >= 0.3 is 0 Å². The van der Waals surface area contributed by atoms with E-state index >= 15 is 0 Å². The Bertz CT molecular complexity index is 1080. The van der Waals surface area contributed by atoms with E-state index in [4.69, 9.17) is 9.26 Å². The number of aromatic nitrogens is 1. The van der Waals surface area contributed by atoms with Crippen LogP contribution in [0.25, 0.3) is 11.0 Å². The van der Waals surface area contributed by atoms with Crippen molar-refractivity contribution in [1.29, 1.82) is 0 Å². The molecule has 6 nitrogen and oxygen atoms in total. The van der Waals surface area contributed by atoms with Crippen LogP contribution in [0, 0.1) is 5.92 Å². The van der Waals surface area contributed by atoms with Crippen molar-refractivity contribution in [3.8, 4) is 5.75 Å². The fourth-order valence-electron chi connectivity index (χ4n) is 5.85. The topological polar surface area (TPSA) is 45.0 Å². The lowest BCUT2D eigenvalue weighted by atomic mass is 9.91. The van der Waals surface area contributed by atoms with Crippen LogP contribution in [-0.2, 0) is 6.54 Å². The average Bonchev–Trinajstić information content (AvgIpc) is 3.53. The number of piperidine rings is 1. The van der Waals surface area contributed by atoms with Crippen molar-refractivity contribution in [2.75, 3.05) is 50.8 Å². The van der Waals surface area contributed by atoms with E-state index in [1.165, 1.54) is 44.3 Å². The van der Waals surface area contributed by atoms with E-state index in [0.29, 0.717) is 12.0 Å². The monoisotopic (exact) mass is 446 g/mol. The predicted molar refractivity (Wildman–Crippen MR) is 131 cm³/mol. The Morgan fingerprint density at radius 2 is 1.76 bits per heavy atom. The molecule has 0 N–H and O–H groups in total. The highest BCUT2D eigenvalue weighted by atomic mass is 16.5. The molecule has 6 heteroatoms. The highest BCUT2D eigenvalue weighted by Crippen LogP contribution is 2.32. The molecule has 2 atom stereocenters. The molecule has 3 fully saturated rings. The normalized spacial score (nSPS) is 24.3. The first kappa shape index (κ1) is 21.0. The van der Waals surface area contributed by atoms with Gasteiger partial charge in [0.25, 0.3) is 0 Å². The van der Waals surface area contributed by atoms with Crippen molar-refractivity contribution in [3.63, 3.8) is 0 Å². The summed E-state index contributed by atoms with van der Waals surface area (Å²) in [5.74, 6) is 2.68. The molecule has 4 heterocycles. The second-order valence-electron chi connectivity index (χ2n) is 9.94. The molecule has 0 spiro atoms. The third-order valence-electron chi connectivity index (χ3n) is 7.70. The highest BCUT2D eigenvalue weighted by Gasteiger charge is 2.34. The van der Waals surface area contributed by atoms with Crippen molar-refractivity contribution in [1.82, 2.24) is 15.0 Å². The van der Waals surface area contributed by atoms with E-state index in [2.05, 4.69) is 56.3 Å². The zero-order valence-corrected chi connectivity index (χ0v) is 19.4. The molecule has 0 saturated carbocycles. The van der Waals surface area contributed by atoms with Gasteiger partial charge in [0.2, 0.25) is 0 Å². The second-order valence-corrected chi connectivity index (χ2v) is 9.94. The van der Waals surface area contributed by atoms with E-state index in [1.807, 2.05) is 12.1 Å². The molecular weight excluding hydrogens is 412 g/mol. The van der Waals surface area contributed by atoms with Gasteiger partial charge in [-0.2, -0.15) is 0 Å². The van der Waals surface area contributed by atoms with Gasteiger partial charge in [-0.05, 0) is 57.0 Å². The Kier molecular flexibility index (Phi) is 5.95. The second kappa shape index (κ2) is 9.35. The predicted octanol–water partition coefficient (Wildman–Crippen LogP) is 4.40.